The molecule has 0 spiro atoms. The van der Waals surface area contributed by atoms with Crippen LogP contribution in [0.5, 0.6) is 0 Å². The lowest BCUT2D eigenvalue weighted by molar-refractivity contribution is 0.0393. The highest BCUT2D eigenvalue weighted by Crippen LogP contribution is 2.29. The van der Waals surface area contributed by atoms with Crippen molar-refractivity contribution < 1.29 is 9.47 Å². The lowest BCUT2D eigenvalue weighted by Gasteiger charge is -2.11. The molecule has 4 N–H and O–H groups in total. The van der Waals surface area contributed by atoms with Crippen LogP contribution in [0.1, 0.15) is 12.6 Å². The van der Waals surface area contributed by atoms with Crippen molar-refractivity contribution in [2.24, 2.45) is 5.50 Å². The normalized spacial score (nSPS) is 23.8. The number of nitrogens with zero attached hydrogens (tertiary/aromatic N) is 4. The first kappa shape index (κ1) is 12.7. The van der Waals surface area contributed by atoms with Gasteiger partial charge in [-0.05, 0) is 8.73 Å². The Morgan fingerprint density at radius 2 is 2.37 bits per heavy atom. The fraction of sp³-hybridized carbons (Fsp3) is 0.500. The van der Waals surface area contributed by atoms with Crippen LogP contribution in [0.15, 0.2) is 12.7 Å². The fourth-order valence-corrected chi connectivity index (χ4v) is 2.47. The topological polar surface area (TPSA) is 114 Å². The maximum absolute atomic E-state index is 5.76. The van der Waals surface area contributed by atoms with Gasteiger partial charge in [0, 0.05) is 6.42 Å². The lowest BCUT2D eigenvalue weighted by atomic mass is 10.3. The second-order valence-corrected chi connectivity index (χ2v) is 4.94. The van der Waals surface area contributed by atoms with Crippen LogP contribution in [0.25, 0.3) is 11.2 Å². The third-order valence-corrected chi connectivity index (χ3v) is 3.37. The Kier molecular flexibility index (Phi) is 3.56. The van der Waals surface area contributed by atoms with Crippen LogP contribution < -0.4 is 11.2 Å². The number of nitrogens with two attached hydrogens (primary N) is 2. The molecule has 0 aliphatic carbocycles. The minimum Gasteiger partial charge on any atom is -0.382 e. The summed E-state index contributed by atoms with van der Waals surface area (Å²) in [4.78, 5) is 12.3. The predicted octanol–water partition coefficient (Wildman–Crippen LogP) is 0.222. The van der Waals surface area contributed by atoms with Crippen LogP contribution in [-0.2, 0) is 9.47 Å². The van der Waals surface area contributed by atoms with Crippen molar-refractivity contribution in [2.75, 3.05) is 18.7 Å². The lowest BCUT2D eigenvalue weighted by Crippen LogP contribution is -2.12. The van der Waals surface area contributed by atoms with E-state index in [0.717, 1.165) is 6.42 Å². The highest BCUT2D eigenvalue weighted by Gasteiger charge is 2.28. The third kappa shape index (κ3) is 2.40. The maximum Gasteiger partial charge on any atom is 0.167 e. The molecule has 3 atom stereocenters. The molecule has 1 aliphatic rings. The average molecular weight is 282 g/mol. The average Bonchev–Trinajstić information content (AvgIpc) is 3.02. The molecule has 3 unspecified atom stereocenters. The Hall–Kier alpha value is -1.34. The number of anilines is 1. The van der Waals surface area contributed by atoms with E-state index in [1.54, 1.807) is 6.33 Å². The molecule has 2 aromatic rings. The largest absolute Gasteiger partial charge is 0.382 e. The van der Waals surface area contributed by atoms with Gasteiger partial charge in [0.25, 0.3) is 0 Å². The molecule has 1 fully saturated rings. The van der Waals surface area contributed by atoms with E-state index in [0.29, 0.717) is 38.7 Å². The molecular formula is C10H15N6O2P. The summed E-state index contributed by atoms with van der Waals surface area (Å²) >= 11 is 0. The molecular weight excluding hydrogens is 267 g/mol. The molecule has 3 rings (SSSR count). The van der Waals surface area contributed by atoms with Gasteiger partial charge in [-0.25, -0.2) is 15.0 Å². The third-order valence-electron chi connectivity index (χ3n) is 3.04. The standard InChI is InChI=1S/C10H15N6O2P/c11-9-8-10(14-3-13-9)16(4-15-8)7-1-6(2-17-7)18-5-19-12/h3-4,6-7,19H,1-2,5,12H2,(H2,11,13,14). The number of hydrogen-bond donors (Lipinski definition) is 2. The van der Waals surface area contributed by atoms with Crippen molar-refractivity contribution in [1.82, 2.24) is 19.5 Å². The summed E-state index contributed by atoms with van der Waals surface area (Å²) < 4.78 is 13.2. The van der Waals surface area contributed by atoms with Crippen LogP contribution in [-0.4, -0.2) is 38.6 Å². The van der Waals surface area contributed by atoms with E-state index in [4.69, 9.17) is 20.7 Å². The zero-order valence-electron chi connectivity index (χ0n) is 10.2. The number of rotatable bonds is 4. The Balaban J connectivity index is 1.80. The molecule has 1 aliphatic heterocycles. The van der Waals surface area contributed by atoms with Crippen LogP contribution in [0.3, 0.4) is 0 Å². The zero-order chi connectivity index (χ0) is 13.2. The molecule has 1 saturated heterocycles. The van der Waals surface area contributed by atoms with E-state index >= 15 is 0 Å². The predicted molar refractivity (Wildman–Crippen MR) is 71.6 cm³/mol. The monoisotopic (exact) mass is 282 g/mol. The molecule has 0 bridgehead atoms. The van der Waals surface area contributed by atoms with Gasteiger partial charge in [0.05, 0.1) is 25.4 Å². The van der Waals surface area contributed by atoms with Gasteiger partial charge in [-0.15, -0.1) is 0 Å². The summed E-state index contributed by atoms with van der Waals surface area (Å²) in [6.45, 7) is 0.551. The summed E-state index contributed by atoms with van der Waals surface area (Å²) in [5.74, 6) is 0.374. The number of aromatic nitrogens is 4. The van der Waals surface area contributed by atoms with Crippen molar-refractivity contribution in [3.05, 3.63) is 12.7 Å². The van der Waals surface area contributed by atoms with E-state index in [1.165, 1.54) is 6.33 Å². The number of imidazole rings is 1. The maximum atomic E-state index is 5.76. The van der Waals surface area contributed by atoms with E-state index < -0.39 is 0 Å². The minimum atomic E-state index is -0.134. The van der Waals surface area contributed by atoms with Gasteiger partial charge in [0.15, 0.2) is 11.5 Å². The van der Waals surface area contributed by atoms with E-state index in [1.807, 2.05) is 4.57 Å². The van der Waals surface area contributed by atoms with Crippen LogP contribution in [0.2, 0.25) is 0 Å². The number of hydrogen-bond acceptors (Lipinski definition) is 7. The molecule has 19 heavy (non-hydrogen) atoms. The second-order valence-electron chi connectivity index (χ2n) is 4.24. The first-order chi connectivity index (χ1) is 9.29. The van der Waals surface area contributed by atoms with Crippen LogP contribution in [0.4, 0.5) is 5.82 Å². The quantitative estimate of drug-likeness (QED) is 0.771. The molecule has 0 radical (unpaired) electrons. The highest BCUT2D eigenvalue weighted by molar-refractivity contribution is 7.34. The Morgan fingerprint density at radius 1 is 1.47 bits per heavy atom. The van der Waals surface area contributed by atoms with Crippen molar-refractivity contribution in [2.45, 2.75) is 18.8 Å². The van der Waals surface area contributed by atoms with E-state index in [-0.39, 0.29) is 12.3 Å². The number of nitrogen functional groups attached to an aromatic ring is 1. The summed E-state index contributed by atoms with van der Waals surface area (Å²) in [6, 6.07) is 0. The van der Waals surface area contributed by atoms with Crippen molar-refractivity contribution in [3.63, 3.8) is 0 Å². The molecule has 0 aromatic carbocycles. The zero-order valence-corrected chi connectivity index (χ0v) is 11.2. The SMILES string of the molecule is NPCOC1COC(n2cnc3c(N)ncnc32)C1. The van der Waals surface area contributed by atoms with Gasteiger partial charge in [0.2, 0.25) is 0 Å². The summed E-state index contributed by atoms with van der Waals surface area (Å²) in [5.41, 5.74) is 12.5. The Morgan fingerprint density at radius 3 is 3.21 bits per heavy atom. The fourth-order valence-electron chi connectivity index (χ4n) is 2.14. The summed E-state index contributed by atoms with van der Waals surface area (Å²) in [7, 11) is 0.298. The molecule has 0 saturated carbocycles. The Bertz CT molecular complexity index is 576. The van der Waals surface area contributed by atoms with E-state index in [2.05, 4.69) is 15.0 Å². The molecule has 9 heteroatoms. The smallest absolute Gasteiger partial charge is 0.167 e. The molecule has 3 heterocycles. The molecule has 102 valence electrons. The van der Waals surface area contributed by atoms with Gasteiger partial charge in [-0.2, -0.15) is 0 Å². The first-order valence-electron chi connectivity index (χ1n) is 5.89. The molecule has 0 amide bonds. The van der Waals surface area contributed by atoms with Gasteiger partial charge in [0.1, 0.15) is 18.1 Å². The second kappa shape index (κ2) is 5.34. The van der Waals surface area contributed by atoms with E-state index in [9.17, 15) is 0 Å². The minimum absolute atomic E-state index is 0.0673. The van der Waals surface area contributed by atoms with Crippen LogP contribution >= 0.6 is 8.73 Å². The van der Waals surface area contributed by atoms with Gasteiger partial charge in [-0.3, -0.25) is 4.57 Å². The molecule has 2 aromatic heterocycles. The van der Waals surface area contributed by atoms with Gasteiger partial charge in [-0.1, -0.05) is 0 Å². The highest BCUT2D eigenvalue weighted by atomic mass is 31.1. The number of ether oxygens (including phenoxy) is 2. The van der Waals surface area contributed by atoms with Crippen molar-refractivity contribution >= 4 is 25.7 Å². The first-order valence-corrected chi connectivity index (χ1v) is 7.17. The van der Waals surface area contributed by atoms with Crippen molar-refractivity contribution in [3.8, 4) is 0 Å². The summed E-state index contributed by atoms with van der Waals surface area (Å²) in [5, 5.41) is 0. The molecule has 8 nitrogen and oxygen atoms in total. The van der Waals surface area contributed by atoms with Crippen molar-refractivity contribution in [1.29, 1.82) is 0 Å². The Labute approximate surface area is 111 Å². The van der Waals surface area contributed by atoms with Gasteiger partial charge >= 0.3 is 0 Å². The summed E-state index contributed by atoms with van der Waals surface area (Å²) in [6.07, 6.45) is 4.35. The van der Waals surface area contributed by atoms with Gasteiger partial charge < -0.3 is 20.7 Å². The number of fused-ring (bicyclic) bond motifs is 1. The van der Waals surface area contributed by atoms with Crippen LogP contribution in [0, 0.1) is 0 Å².